The van der Waals surface area contributed by atoms with Crippen molar-refractivity contribution >= 4 is 23.0 Å². The Hall–Kier alpha value is -3.10. The van der Waals surface area contributed by atoms with Gasteiger partial charge in [0.25, 0.3) is 0 Å². The molecule has 0 amide bonds. The fourth-order valence-corrected chi connectivity index (χ4v) is 2.29. The predicted molar refractivity (Wildman–Crippen MR) is 99.5 cm³/mol. The van der Waals surface area contributed by atoms with Crippen molar-refractivity contribution in [3.63, 3.8) is 0 Å². The SMILES string of the molecule is COc1ccc(OC)c(Nc2ncnc(NCCC(C)C)c2[N+](=O)[O-])c1. The average molecular weight is 361 g/mol. The number of anilines is 3. The van der Waals surface area contributed by atoms with E-state index in [1.165, 1.54) is 20.5 Å². The lowest BCUT2D eigenvalue weighted by Crippen LogP contribution is -2.10. The molecule has 1 aromatic carbocycles. The lowest BCUT2D eigenvalue weighted by Gasteiger charge is -2.13. The third-order valence-corrected chi connectivity index (χ3v) is 3.68. The molecule has 2 aromatic rings. The molecule has 0 aliphatic heterocycles. The summed E-state index contributed by atoms with van der Waals surface area (Å²) in [5, 5.41) is 17.6. The van der Waals surface area contributed by atoms with Crippen molar-refractivity contribution in [1.82, 2.24) is 9.97 Å². The van der Waals surface area contributed by atoms with Crippen molar-refractivity contribution in [1.29, 1.82) is 0 Å². The molecule has 0 spiro atoms. The van der Waals surface area contributed by atoms with Gasteiger partial charge in [0.15, 0.2) is 0 Å². The van der Waals surface area contributed by atoms with E-state index in [4.69, 9.17) is 9.47 Å². The first-order chi connectivity index (χ1) is 12.5. The number of nitrogens with one attached hydrogen (secondary N) is 2. The van der Waals surface area contributed by atoms with Crippen molar-refractivity contribution in [3.05, 3.63) is 34.6 Å². The van der Waals surface area contributed by atoms with E-state index in [0.717, 1.165) is 6.42 Å². The van der Waals surface area contributed by atoms with E-state index in [9.17, 15) is 10.1 Å². The summed E-state index contributed by atoms with van der Waals surface area (Å²) in [6, 6.07) is 5.11. The van der Waals surface area contributed by atoms with E-state index in [2.05, 4.69) is 34.4 Å². The Kier molecular flexibility index (Phi) is 6.54. The van der Waals surface area contributed by atoms with Gasteiger partial charge in [-0.2, -0.15) is 0 Å². The second kappa shape index (κ2) is 8.84. The molecule has 2 N–H and O–H groups in total. The van der Waals surface area contributed by atoms with E-state index in [1.807, 2.05) is 0 Å². The highest BCUT2D eigenvalue weighted by Gasteiger charge is 2.24. The fourth-order valence-electron chi connectivity index (χ4n) is 2.29. The van der Waals surface area contributed by atoms with Gasteiger partial charge in [0, 0.05) is 12.6 Å². The van der Waals surface area contributed by atoms with Gasteiger partial charge in [-0.15, -0.1) is 0 Å². The number of hydrogen-bond donors (Lipinski definition) is 2. The molecular weight excluding hydrogens is 338 g/mol. The van der Waals surface area contributed by atoms with Gasteiger partial charge in [0.05, 0.1) is 24.8 Å². The van der Waals surface area contributed by atoms with Crippen LogP contribution in [0.5, 0.6) is 11.5 Å². The third-order valence-electron chi connectivity index (χ3n) is 3.68. The maximum atomic E-state index is 11.6. The predicted octanol–water partition coefficient (Wildman–Crippen LogP) is 3.60. The van der Waals surface area contributed by atoms with Crippen LogP contribution in [0.4, 0.5) is 23.0 Å². The number of hydrogen-bond acceptors (Lipinski definition) is 8. The minimum atomic E-state index is -0.507. The topological polar surface area (TPSA) is 111 Å². The average Bonchev–Trinajstić information content (AvgIpc) is 2.61. The molecule has 9 heteroatoms. The summed E-state index contributed by atoms with van der Waals surface area (Å²) >= 11 is 0. The highest BCUT2D eigenvalue weighted by atomic mass is 16.6. The summed E-state index contributed by atoms with van der Waals surface area (Å²) in [6.45, 7) is 4.74. The number of rotatable bonds is 9. The summed E-state index contributed by atoms with van der Waals surface area (Å²) in [5.41, 5.74) is 0.280. The van der Waals surface area contributed by atoms with Crippen LogP contribution in [0.2, 0.25) is 0 Å². The molecule has 1 heterocycles. The number of methoxy groups -OCH3 is 2. The lowest BCUT2D eigenvalue weighted by molar-refractivity contribution is -0.383. The largest absolute Gasteiger partial charge is 0.497 e. The second-order valence-corrected chi connectivity index (χ2v) is 5.98. The van der Waals surface area contributed by atoms with E-state index in [1.54, 1.807) is 18.2 Å². The zero-order valence-electron chi connectivity index (χ0n) is 15.3. The summed E-state index contributed by atoms with van der Waals surface area (Å²) in [5.74, 6) is 1.81. The zero-order valence-corrected chi connectivity index (χ0v) is 15.3. The Balaban J connectivity index is 2.36. The number of aromatic nitrogens is 2. The normalized spacial score (nSPS) is 10.5. The van der Waals surface area contributed by atoms with Gasteiger partial charge < -0.3 is 20.1 Å². The number of nitrogens with zero attached hydrogens (tertiary/aromatic N) is 3. The van der Waals surface area contributed by atoms with Crippen molar-refractivity contribution in [2.75, 3.05) is 31.4 Å². The molecule has 0 saturated heterocycles. The Bertz CT molecular complexity index is 767. The number of ether oxygens (including phenoxy) is 2. The van der Waals surface area contributed by atoms with Crippen LogP contribution in [-0.4, -0.2) is 35.7 Å². The quantitative estimate of drug-likeness (QED) is 0.515. The van der Waals surface area contributed by atoms with Crippen LogP contribution >= 0.6 is 0 Å². The van der Waals surface area contributed by atoms with Crippen LogP contribution < -0.4 is 20.1 Å². The Morgan fingerprint density at radius 3 is 2.54 bits per heavy atom. The molecular formula is C17H23N5O4. The van der Waals surface area contributed by atoms with Crippen LogP contribution in [0.1, 0.15) is 20.3 Å². The van der Waals surface area contributed by atoms with E-state index < -0.39 is 4.92 Å². The van der Waals surface area contributed by atoms with Gasteiger partial charge >= 0.3 is 5.69 Å². The molecule has 0 bridgehead atoms. The van der Waals surface area contributed by atoms with Gasteiger partial charge in [-0.25, -0.2) is 9.97 Å². The van der Waals surface area contributed by atoms with Gasteiger partial charge in [-0.1, -0.05) is 13.8 Å². The molecule has 0 saturated carbocycles. The first-order valence-electron chi connectivity index (χ1n) is 8.18. The minimum absolute atomic E-state index is 0.0728. The van der Waals surface area contributed by atoms with Gasteiger partial charge in [0.1, 0.15) is 17.8 Å². The minimum Gasteiger partial charge on any atom is -0.497 e. The molecule has 0 unspecified atom stereocenters. The lowest BCUT2D eigenvalue weighted by atomic mass is 10.1. The standard InChI is InChI=1S/C17H23N5O4/c1-11(2)7-8-18-16-15(22(23)24)17(20-10-19-16)21-13-9-12(25-3)5-6-14(13)26-4/h5-6,9-11H,7-8H2,1-4H3,(H2,18,19,20,21). The number of nitro groups is 1. The fraction of sp³-hybridized carbons (Fsp3) is 0.412. The third kappa shape index (κ3) is 4.71. The van der Waals surface area contributed by atoms with E-state index in [0.29, 0.717) is 29.6 Å². The highest BCUT2D eigenvalue weighted by molar-refractivity contribution is 5.76. The zero-order chi connectivity index (χ0) is 19.1. The van der Waals surface area contributed by atoms with Crippen LogP contribution in [0.15, 0.2) is 24.5 Å². The van der Waals surface area contributed by atoms with Gasteiger partial charge in [-0.05, 0) is 24.5 Å². The summed E-state index contributed by atoms with van der Waals surface area (Å²) in [4.78, 5) is 19.1. The Morgan fingerprint density at radius 2 is 1.92 bits per heavy atom. The maximum Gasteiger partial charge on any atom is 0.353 e. The summed E-state index contributed by atoms with van der Waals surface area (Å²) in [6.07, 6.45) is 2.15. The van der Waals surface area contributed by atoms with Gasteiger partial charge in [0.2, 0.25) is 11.6 Å². The van der Waals surface area contributed by atoms with E-state index in [-0.39, 0.29) is 17.3 Å². The molecule has 9 nitrogen and oxygen atoms in total. The van der Waals surface area contributed by atoms with E-state index >= 15 is 0 Å². The molecule has 1 aromatic heterocycles. The molecule has 0 atom stereocenters. The van der Waals surface area contributed by atoms with Crippen LogP contribution in [-0.2, 0) is 0 Å². The molecule has 0 radical (unpaired) electrons. The molecule has 0 aliphatic rings. The molecule has 140 valence electrons. The molecule has 2 rings (SSSR count). The van der Waals surface area contributed by atoms with Crippen LogP contribution in [0, 0.1) is 16.0 Å². The molecule has 26 heavy (non-hydrogen) atoms. The monoisotopic (exact) mass is 361 g/mol. The van der Waals surface area contributed by atoms with Gasteiger partial charge in [-0.3, -0.25) is 10.1 Å². The maximum absolute atomic E-state index is 11.6. The Morgan fingerprint density at radius 1 is 1.19 bits per heavy atom. The Labute approximate surface area is 151 Å². The van der Waals surface area contributed by atoms with Crippen LogP contribution in [0.25, 0.3) is 0 Å². The molecule has 0 aliphatic carbocycles. The first-order valence-corrected chi connectivity index (χ1v) is 8.18. The van der Waals surface area contributed by atoms with Crippen LogP contribution in [0.3, 0.4) is 0 Å². The van der Waals surface area contributed by atoms with Crippen molar-refractivity contribution in [3.8, 4) is 11.5 Å². The highest BCUT2D eigenvalue weighted by Crippen LogP contribution is 2.36. The summed E-state index contributed by atoms with van der Waals surface area (Å²) in [7, 11) is 3.05. The van der Waals surface area contributed by atoms with Crippen molar-refractivity contribution in [2.24, 2.45) is 5.92 Å². The second-order valence-electron chi connectivity index (χ2n) is 5.98. The first kappa shape index (κ1) is 19.2. The van der Waals surface area contributed by atoms with Crippen molar-refractivity contribution < 1.29 is 14.4 Å². The summed E-state index contributed by atoms with van der Waals surface area (Å²) < 4.78 is 10.5. The smallest absolute Gasteiger partial charge is 0.353 e. The van der Waals surface area contributed by atoms with Crippen molar-refractivity contribution in [2.45, 2.75) is 20.3 Å². The number of benzene rings is 1. The molecule has 0 fully saturated rings.